The molecule has 6 heteroatoms. The summed E-state index contributed by atoms with van der Waals surface area (Å²) in [5, 5.41) is 0. The van der Waals surface area contributed by atoms with E-state index < -0.39 is 12.2 Å². The summed E-state index contributed by atoms with van der Waals surface area (Å²) in [6.45, 7) is 4.05. The summed E-state index contributed by atoms with van der Waals surface area (Å²) in [7, 11) is 0. The van der Waals surface area contributed by atoms with Gasteiger partial charge in [-0.25, -0.2) is 0 Å². The summed E-state index contributed by atoms with van der Waals surface area (Å²) in [5.41, 5.74) is 0. The molecule has 2 fully saturated rings. The fraction of sp³-hybridized carbons (Fsp3) is 0.833. The summed E-state index contributed by atoms with van der Waals surface area (Å²) >= 11 is 0. The maximum Gasteiger partial charge on any atom is 0.305 e. The first-order valence-electron chi connectivity index (χ1n) is 6.27. The van der Waals surface area contributed by atoms with Crippen LogP contribution in [0.5, 0.6) is 0 Å². The van der Waals surface area contributed by atoms with E-state index in [0.717, 1.165) is 0 Å². The van der Waals surface area contributed by atoms with Crippen LogP contribution in [0.1, 0.15) is 26.7 Å². The van der Waals surface area contributed by atoms with Crippen LogP contribution in [0, 0.1) is 0 Å². The molecule has 0 aromatic carbocycles. The second-order valence-electron chi connectivity index (χ2n) is 4.36. The van der Waals surface area contributed by atoms with E-state index in [2.05, 4.69) is 0 Å². The molecule has 2 rings (SSSR count). The Morgan fingerprint density at radius 1 is 0.944 bits per heavy atom. The van der Waals surface area contributed by atoms with E-state index in [9.17, 15) is 9.59 Å². The first-order chi connectivity index (χ1) is 8.65. The van der Waals surface area contributed by atoms with Crippen molar-refractivity contribution in [2.45, 2.75) is 51.1 Å². The number of esters is 2. The van der Waals surface area contributed by atoms with E-state index in [1.165, 1.54) is 0 Å². The largest absolute Gasteiger partial charge is 0.457 e. The van der Waals surface area contributed by atoms with Gasteiger partial charge < -0.3 is 18.9 Å². The van der Waals surface area contributed by atoms with E-state index in [0.29, 0.717) is 26.1 Å². The second kappa shape index (κ2) is 5.67. The van der Waals surface area contributed by atoms with E-state index in [1.54, 1.807) is 13.8 Å². The third kappa shape index (κ3) is 2.64. The molecule has 0 bridgehead atoms. The van der Waals surface area contributed by atoms with Gasteiger partial charge in [0.25, 0.3) is 0 Å². The van der Waals surface area contributed by atoms with Gasteiger partial charge in [-0.1, -0.05) is 13.8 Å². The molecule has 0 aliphatic carbocycles. The topological polar surface area (TPSA) is 71.1 Å². The van der Waals surface area contributed by atoms with Crippen LogP contribution in [0.4, 0.5) is 0 Å². The Morgan fingerprint density at radius 3 is 1.67 bits per heavy atom. The number of ether oxygens (including phenoxy) is 4. The average molecular weight is 258 g/mol. The van der Waals surface area contributed by atoms with Crippen molar-refractivity contribution in [3.63, 3.8) is 0 Å². The molecule has 102 valence electrons. The van der Waals surface area contributed by atoms with E-state index >= 15 is 0 Å². The molecule has 0 N–H and O–H groups in total. The number of carbonyl (C=O) groups excluding carboxylic acids is 2. The molecule has 0 aromatic heterocycles. The molecule has 0 radical (unpaired) electrons. The summed E-state index contributed by atoms with van der Waals surface area (Å²) in [5.74, 6) is -0.552. The third-order valence-electron chi connectivity index (χ3n) is 3.11. The predicted octanol–water partition coefficient (Wildman–Crippen LogP) is 0.428. The van der Waals surface area contributed by atoms with Crippen LogP contribution in [-0.4, -0.2) is 49.6 Å². The van der Waals surface area contributed by atoms with Crippen LogP contribution in [0.2, 0.25) is 0 Å². The van der Waals surface area contributed by atoms with Gasteiger partial charge in [-0.15, -0.1) is 0 Å². The van der Waals surface area contributed by atoms with Gasteiger partial charge in [0.05, 0.1) is 13.2 Å². The zero-order valence-electron chi connectivity index (χ0n) is 10.6. The van der Waals surface area contributed by atoms with Gasteiger partial charge in [0.1, 0.15) is 12.2 Å². The Labute approximate surface area is 106 Å². The summed E-state index contributed by atoms with van der Waals surface area (Å²) < 4.78 is 21.5. The summed E-state index contributed by atoms with van der Waals surface area (Å²) in [4.78, 5) is 22.5. The van der Waals surface area contributed by atoms with Gasteiger partial charge in [-0.05, 0) is 0 Å². The van der Waals surface area contributed by atoms with Crippen molar-refractivity contribution in [3.8, 4) is 0 Å². The van der Waals surface area contributed by atoms with Crippen LogP contribution in [0.15, 0.2) is 0 Å². The minimum absolute atomic E-state index is 0.276. The fourth-order valence-corrected chi connectivity index (χ4v) is 2.14. The Balaban J connectivity index is 1.90. The van der Waals surface area contributed by atoms with E-state index in [1.807, 2.05) is 0 Å². The molecule has 4 atom stereocenters. The standard InChI is InChI=1S/C12H18O6/c1-3-9(13)17-7-5-15-12-8(6-16-11(7)12)18-10(14)4-2/h7-8,11-12H,3-6H2,1-2H3/t7-,8-,11-,12+/m0/s1. The molecule has 0 spiro atoms. The Morgan fingerprint density at radius 2 is 1.33 bits per heavy atom. The monoisotopic (exact) mass is 258 g/mol. The van der Waals surface area contributed by atoms with Crippen molar-refractivity contribution in [1.29, 1.82) is 0 Å². The fourth-order valence-electron chi connectivity index (χ4n) is 2.14. The van der Waals surface area contributed by atoms with Gasteiger partial charge in [0.15, 0.2) is 12.2 Å². The lowest BCUT2D eigenvalue weighted by Gasteiger charge is -2.16. The molecule has 0 unspecified atom stereocenters. The summed E-state index contributed by atoms with van der Waals surface area (Å²) in [6.07, 6.45) is -0.796. The lowest BCUT2D eigenvalue weighted by atomic mass is 10.1. The highest BCUT2D eigenvalue weighted by atomic mass is 16.7. The van der Waals surface area contributed by atoms with Crippen molar-refractivity contribution in [2.75, 3.05) is 13.2 Å². The Bertz CT molecular complexity index is 297. The quantitative estimate of drug-likeness (QED) is 0.681. The molecule has 18 heavy (non-hydrogen) atoms. The first kappa shape index (κ1) is 13.3. The van der Waals surface area contributed by atoms with Gasteiger partial charge in [-0.2, -0.15) is 0 Å². The molecular formula is C12H18O6. The molecule has 2 aliphatic heterocycles. The van der Waals surface area contributed by atoms with Gasteiger partial charge in [0, 0.05) is 12.8 Å². The minimum Gasteiger partial charge on any atom is -0.457 e. The van der Waals surface area contributed by atoms with Crippen LogP contribution in [0.25, 0.3) is 0 Å². The Hall–Kier alpha value is -1.14. The highest BCUT2D eigenvalue weighted by Gasteiger charge is 2.50. The molecule has 2 saturated heterocycles. The third-order valence-corrected chi connectivity index (χ3v) is 3.11. The highest BCUT2D eigenvalue weighted by Crippen LogP contribution is 2.30. The first-order valence-corrected chi connectivity index (χ1v) is 6.27. The molecule has 2 aliphatic rings. The van der Waals surface area contributed by atoms with Crippen LogP contribution in [0.3, 0.4) is 0 Å². The SMILES string of the molecule is CCC(=O)O[C@H]1CO[C@H]2[C@H]1OC[C@@H]2OC(=O)CC. The Kier molecular flexibility index (Phi) is 4.19. The van der Waals surface area contributed by atoms with Crippen molar-refractivity contribution in [1.82, 2.24) is 0 Å². The van der Waals surface area contributed by atoms with Crippen LogP contribution < -0.4 is 0 Å². The average Bonchev–Trinajstić information content (AvgIpc) is 2.93. The van der Waals surface area contributed by atoms with Gasteiger partial charge in [-0.3, -0.25) is 9.59 Å². The van der Waals surface area contributed by atoms with Crippen molar-refractivity contribution < 1.29 is 28.5 Å². The molecule has 0 amide bonds. The molecular weight excluding hydrogens is 240 g/mol. The number of fused-ring (bicyclic) bond motifs is 1. The van der Waals surface area contributed by atoms with Gasteiger partial charge >= 0.3 is 11.9 Å². The lowest BCUT2D eigenvalue weighted by Crippen LogP contribution is -2.35. The molecule has 0 aromatic rings. The van der Waals surface area contributed by atoms with Crippen molar-refractivity contribution in [3.05, 3.63) is 0 Å². The maximum atomic E-state index is 11.2. The van der Waals surface area contributed by atoms with Crippen molar-refractivity contribution >= 4 is 11.9 Å². The minimum atomic E-state index is -0.396. The normalized spacial score (nSPS) is 34.1. The maximum absolute atomic E-state index is 11.2. The number of hydrogen-bond acceptors (Lipinski definition) is 6. The zero-order valence-corrected chi connectivity index (χ0v) is 10.6. The van der Waals surface area contributed by atoms with E-state index in [-0.39, 0.29) is 24.1 Å². The summed E-state index contributed by atoms with van der Waals surface area (Å²) in [6, 6.07) is 0. The smallest absolute Gasteiger partial charge is 0.305 e. The van der Waals surface area contributed by atoms with E-state index in [4.69, 9.17) is 18.9 Å². The van der Waals surface area contributed by atoms with Crippen molar-refractivity contribution in [2.24, 2.45) is 0 Å². The molecule has 6 nitrogen and oxygen atoms in total. The number of hydrogen-bond donors (Lipinski definition) is 0. The molecule has 0 saturated carbocycles. The zero-order chi connectivity index (χ0) is 13.1. The van der Waals surface area contributed by atoms with Gasteiger partial charge in [0.2, 0.25) is 0 Å². The molecule has 2 heterocycles. The number of rotatable bonds is 4. The predicted molar refractivity (Wildman–Crippen MR) is 59.8 cm³/mol. The van der Waals surface area contributed by atoms with Crippen LogP contribution in [-0.2, 0) is 28.5 Å². The number of carbonyl (C=O) groups is 2. The highest BCUT2D eigenvalue weighted by molar-refractivity contribution is 5.69. The second-order valence-corrected chi connectivity index (χ2v) is 4.36. The van der Waals surface area contributed by atoms with Crippen LogP contribution >= 0.6 is 0 Å². The lowest BCUT2D eigenvalue weighted by molar-refractivity contribution is -0.154.